The molecule has 4 aromatic rings. The molecule has 0 amide bonds. The van der Waals surface area contributed by atoms with Gasteiger partial charge in [0.05, 0.1) is 56.9 Å². The van der Waals surface area contributed by atoms with Crippen LogP contribution in [0.5, 0.6) is 46.0 Å². The van der Waals surface area contributed by atoms with Crippen molar-refractivity contribution >= 4 is 25.1 Å². The van der Waals surface area contributed by atoms with Crippen LogP contribution in [0.3, 0.4) is 0 Å². The molecule has 0 fully saturated rings. The van der Waals surface area contributed by atoms with Gasteiger partial charge in [0.15, 0.2) is 25.1 Å². The highest BCUT2D eigenvalue weighted by Crippen LogP contribution is 2.45. The van der Waals surface area contributed by atoms with E-state index in [0.717, 1.165) is 0 Å². The van der Waals surface area contributed by atoms with Gasteiger partial charge in [0.1, 0.15) is 46.0 Å². The monoisotopic (exact) mass is 660 g/mol. The Morgan fingerprint density at radius 1 is 0.312 bits per heavy atom. The average Bonchev–Trinajstić information content (AvgIpc) is 3.15. The molecule has 4 aromatic carbocycles. The summed E-state index contributed by atoms with van der Waals surface area (Å²) in [5.74, 6) is 3.45. The van der Waals surface area contributed by atoms with E-state index in [1.807, 2.05) is 0 Å². The van der Waals surface area contributed by atoms with Gasteiger partial charge in [0.2, 0.25) is 0 Å². The lowest BCUT2D eigenvalue weighted by molar-refractivity contribution is 0.111. The van der Waals surface area contributed by atoms with Gasteiger partial charge in [0.25, 0.3) is 0 Å². The summed E-state index contributed by atoms with van der Waals surface area (Å²) >= 11 is 0. The fourth-order valence-corrected chi connectivity index (χ4v) is 5.00. The molecule has 12 nitrogen and oxygen atoms in total. The van der Waals surface area contributed by atoms with E-state index in [0.29, 0.717) is 116 Å². The smallest absolute Gasteiger partial charge is 0.150 e. The molecule has 0 bridgehead atoms. The van der Waals surface area contributed by atoms with Gasteiger partial charge < -0.3 is 37.9 Å². The van der Waals surface area contributed by atoms with Crippen LogP contribution in [0.4, 0.5) is 0 Å². The number of hydrogen-bond donors (Lipinski definition) is 0. The first kappa shape index (κ1) is 36.4. The maximum Gasteiger partial charge on any atom is 0.150 e. The second-order valence-electron chi connectivity index (χ2n) is 9.65. The van der Waals surface area contributed by atoms with E-state index < -0.39 is 0 Å². The predicted octanol–water partition coefficient (Wildman–Crippen LogP) is 6.03. The van der Waals surface area contributed by atoms with Crippen LogP contribution in [0.15, 0.2) is 48.5 Å². The molecule has 0 aromatic heterocycles. The molecule has 0 aliphatic rings. The van der Waals surface area contributed by atoms with Crippen LogP contribution in [0.25, 0.3) is 22.3 Å². The average molecular weight is 661 g/mol. The van der Waals surface area contributed by atoms with Crippen molar-refractivity contribution in [2.75, 3.05) is 56.9 Å². The van der Waals surface area contributed by atoms with Gasteiger partial charge >= 0.3 is 0 Å². The van der Waals surface area contributed by atoms with Crippen LogP contribution < -0.4 is 37.9 Å². The number of carbonyl (C=O) groups is 4. The topological polar surface area (TPSA) is 142 Å². The molecule has 0 aliphatic heterocycles. The van der Waals surface area contributed by atoms with Gasteiger partial charge in [-0.05, 0) is 24.3 Å². The van der Waals surface area contributed by atoms with E-state index in [9.17, 15) is 19.2 Å². The quantitative estimate of drug-likeness (QED) is 0.146. The van der Waals surface area contributed by atoms with Crippen molar-refractivity contribution in [2.45, 2.75) is 0 Å². The van der Waals surface area contributed by atoms with E-state index in [4.69, 9.17) is 37.9 Å². The Labute approximate surface area is 278 Å². The molecule has 0 aliphatic carbocycles. The van der Waals surface area contributed by atoms with Crippen LogP contribution in [0.2, 0.25) is 0 Å². The third-order valence-corrected chi connectivity index (χ3v) is 7.26. The highest BCUT2D eigenvalue weighted by Gasteiger charge is 2.23. The van der Waals surface area contributed by atoms with Crippen LogP contribution in [0, 0.1) is 0 Å². The first-order valence-corrected chi connectivity index (χ1v) is 14.1. The van der Waals surface area contributed by atoms with E-state index in [1.165, 1.54) is 56.9 Å². The van der Waals surface area contributed by atoms with E-state index in [2.05, 4.69) is 0 Å². The van der Waals surface area contributed by atoms with Crippen LogP contribution in [-0.2, 0) is 0 Å². The summed E-state index contributed by atoms with van der Waals surface area (Å²) in [6.45, 7) is 0. The standard InChI is InChI=1S/2C18H18O6/c2*1-21-13-5-11(9-19)17(15(7-13)23-3)18-12(10-20)6-14(22-2)8-16(18)24-4/h2*5-10H,1-4H3. The zero-order valence-corrected chi connectivity index (χ0v) is 27.8. The van der Waals surface area contributed by atoms with Crippen molar-refractivity contribution in [2.24, 2.45) is 0 Å². The fraction of sp³-hybridized carbons (Fsp3) is 0.222. The van der Waals surface area contributed by atoms with Gasteiger partial charge in [-0.3, -0.25) is 19.2 Å². The van der Waals surface area contributed by atoms with E-state index >= 15 is 0 Å². The highest BCUT2D eigenvalue weighted by atomic mass is 16.5. The lowest BCUT2D eigenvalue weighted by Crippen LogP contribution is -2.01. The van der Waals surface area contributed by atoms with Crippen molar-refractivity contribution in [3.05, 3.63) is 70.8 Å². The number of carbonyl (C=O) groups excluding carboxylic acids is 4. The fourth-order valence-electron chi connectivity index (χ4n) is 5.00. The van der Waals surface area contributed by atoms with Gasteiger partial charge in [-0.1, -0.05) is 0 Å². The number of benzene rings is 4. The molecule has 48 heavy (non-hydrogen) atoms. The van der Waals surface area contributed by atoms with Crippen LogP contribution in [0.1, 0.15) is 41.4 Å². The minimum absolute atomic E-state index is 0.317. The van der Waals surface area contributed by atoms with E-state index in [-0.39, 0.29) is 0 Å². The Kier molecular flexibility index (Phi) is 12.9. The number of aldehydes is 4. The molecule has 0 atom stereocenters. The molecule has 0 radical (unpaired) electrons. The predicted molar refractivity (Wildman–Crippen MR) is 178 cm³/mol. The largest absolute Gasteiger partial charge is 0.497 e. The van der Waals surface area contributed by atoms with Gasteiger partial charge in [-0.15, -0.1) is 0 Å². The molecule has 0 unspecified atom stereocenters. The first-order valence-electron chi connectivity index (χ1n) is 14.1. The number of hydrogen-bond acceptors (Lipinski definition) is 12. The Hall–Kier alpha value is -6.04. The second kappa shape index (κ2) is 17.0. The molecule has 12 heteroatoms. The maximum atomic E-state index is 11.6. The number of methoxy groups -OCH3 is 8. The van der Waals surface area contributed by atoms with Gasteiger partial charge in [-0.2, -0.15) is 0 Å². The Morgan fingerprint density at radius 3 is 0.625 bits per heavy atom. The zero-order chi connectivity index (χ0) is 35.4. The number of rotatable bonds is 14. The molecular weight excluding hydrogens is 624 g/mol. The molecule has 252 valence electrons. The second-order valence-corrected chi connectivity index (χ2v) is 9.65. The summed E-state index contributed by atoms with van der Waals surface area (Å²) in [5.41, 5.74) is 3.08. The zero-order valence-electron chi connectivity index (χ0n) is 27.8. The summed E-state index contributed by atoms with van der Waals surface area (Å²) in [4.78, 5) is 46.4. The van der Waals surface area contributed by atoms with Crippen LogP contribution in [-0.4, -0.2) is 82.0 Å². The molecule has 0 saturated carbocycles. The molecule has 0 saturated heterocycles. The Balaban J connectivity index is 0.000000260. The minimum Gasteiger partial charge on any atom is -0.497 e. The van der Waals surface area contributed by atoms with Crippen molar-refractivity contribution in [3.8, 4) is 68.2 Å². The summed E-state index contributed by atoms with van der Waals surface area (Å²) in [7, 11) is 11.9. The Bertz CT molecular complexity index is 1530. The molecule has 0 spiro atoms. The summed E-state index contributed by atoms with van der Waals surface area (Å²) in [6.07, 6.45) is 2.72. The molecule has 0 N–H and O–H groups in total. The third kappa shape index (κ3) is 7.49. The minimum atomic E-state index is 0.317. The van der Waals surface area contributed by atoms with Crippen molar-refractivity contribution < 1.29 is 57.1 Å². The molecular formula is C36H36O12. The van der Waals surface area contributed by atoms with E-state index in [1.54, 1.807) is 48.5 Å². The lowest BCUT2D eigenvalue weighted by atomic mass is 9.93. The van der Waals surface area contributed by atoms with Crippen molar-refractivity contribution in [3.63, 3.8) is 0 Å². The highest BCUT2D eigenvalue weighted by molar-refractivity contribution is 6.01. The van der Waals surface area contributed by atoms with Gasteiger partial charge in [0, 0.05) is 68.8 Å². The summed E-state index contributed by atoms with van der Waals surface area (Å²) in [5, 5.41) is 0. The maximum absolute atomic E-state index is 11.6. The SMILES string of the molecule is COc1cc(C=O)c(-c2c(C=O)cc(OC)cc2OC)c(OC)c1.COc1cc(C=O)c(-c2c(C=O)cc(OC)cc2OC)c(OC)c1. The Morgan fingerprint density at radius 2 is 0.500 bits per heavy atom. The number of ether oxygens (including phenoxy) is 8. The van der Waals surface area contributed by atoms with Crippen LogP contribution >= 0.6 is 0 Å². The summed E-state index contributed by atoms with van der Waals surface area (Å²) in [6, 6.07) is 12.8. The summed E-state index contributed by atoms with van der Waals surface area (Å²) < 4.78 is 42.3. The van der Waals surface area contributed by atoms with Crippen molar-refractivity contribution in [1.29, 1.82) is 0 Å². The van der Waals surface area contributed by atoms with Gasteiger partial charge in [-0.25, -0.2) is 0 Å². The molecule has 4 rings (SSSR count). The van der Waals surface area contributed by atoms with Crippen molar-refractivity contribution in [1.82, 2.24) is 0 Å². The normalized spacial score (nSPS) is 10.0. The lowest BCUT2D eigenvalue weighted by Gasteiger charge is -2.18. The third-order valence-electron chi connectivity index (χ3n) is 7.26. The first-order chi connectivity index (χ1) is 23.2. The molecule has 0 heterocycles.